The Labute approximate surface area is 188 Å². The van der Waals surface area contributed by atoms with Crippen molar-refractivity contribution in [1.29, 1.82) is 0 Å². The van der Waals surface area contributed by atoms with Crippen LogP contribution in [-0.2, 0) is 6.42 Å². The van der Waals surface area contributed by atoms with Gasteiger partial charge in [-0.2, -0.15) is 4.98 Å². The van der Waals surface area contributed by atoms with Crippen molar-refractivity contribution in [3.05, 3.63) is 59.8 Å². The average Bonchev–Trinajstić information content (AvgIpc) is 2.76. The second kappa shape index (κ2) is 9.68. The SMILES string of the molecule is CCOc1ccc(Nc2nc3c(c(Nc4ccc(OCC)cc4)n2)C(=O)CC(C)C3)cc1. The number of rotatable bonds is 8. The third kappa shape index (κ3) is 4.99. The molecule has 1 atom stereocenters. The van der Waals surface area contributed by atoms with Gasteiger partial charge in [0, 0.05) is 17.8 Å². The van der Waals surface area contributed by atoms with Gasteiger partial charge in [-0.1, -0.05) is 6.92 Å². The molecule has 1 unspecified atom stereocenters. The van der Waals surface area contributed by atoms with Crippen molar-refractivity contribution in [2.75, 3.05) is 23.8 Å². The topological polar surface area (TPSA) is 85.4 Å². The van der Waals surface area contributed by atoms with E-state index in [1.165, 1.54) is 0 Å². The lowest BCUT2D eigenvalue weighted by atomic mass is 9.87. The number of Topliss-reactive ketones (excluding diaryl/α,β-unsaturated/α-hetero) is 1. The van der Waals surface area contributed by atoms with Gasteiger partial charge in [-0.3, -0.25) is 4.79 Å². The third-order valence-electron chi connectivity index (χ3n) is 5.19. The summed E-state index contributed by atoms with van der Waals surface area (Å²) in [7, 11) is 0. The normalized spacial score (nSPS) is 15.1. The lowest BCUT2D eigenvalue weighted by Gasteiger charge is -2.23. The minimum atomic E-state index is 0.0693. The molecule has 1 aliphatic rings. The molecule has 32 heavy (non-hydrogen) atoms. The maximum absolute atomic E-state index is 12.8. The predicted molar refractivity (Wildman–Crippen MR) is 126 cm³/mol. The number of carbonyl (C=O) groups is 1. The molecule has 1 heterocycles. The summed E-state index contributed by atoms with van der Waals surface area (Å²) in [4.78, 5) is 22.2. The molecule has 0 spiro atoms. The zero-order valence-corrected chi connectivity index (χ0v) is 18.6. The molecule has 0 fully saturated rings. The van der Waals surface area contributed by atoms with Crippen LogP contribution in [0.25, 0.3) is 0 Å². The van der Waals surface area contributed by atoms with Crippen LogP contribution in [0.15, 0.2) is 48.5 Å². The Morgan fingerprint density at radius 2 is 1.41 bits per heavy atom. The van der Waals surface area contributed by atoms with Gasteiger partial charge in [-0.05, 0) is 74.7 Å². The molecule has 1 aliphatic carbocycles. The number of nitrogens with one attached hydrogen (secondary N) is 2. The van der Waals surface area contributed by atoms with Gasteiger partial charge in [0.1, 0.15) is 17.3 Å². The zero-order valence-electron chi connectivity index (χ0n) is 18.6. The highest BCUT2D eigenvalue weighted by molar-refractivity contribution is 6.03. The molecule has 0 bridgehead atoms. The number of nitrogens with zero attached hydrogens (tertiary/aromatic N) is 2. The summed E-state index contributed by atoms with van der Waals surface area (Å²) < 4.78 is 11.0. The van der Waals surface area contributed by atoms with Crippen LogP contribution in [0.2, 0.25) is 0 Å². The van der Waals surface area contributed by atoms with Gasteiger partial charge in [-0.25, -0.2) is 4.98 Å². The Bertz CT molecular complexity index is 1080. The fraction of sp³-hybridized carbons (Fsp3) is 0.320. The van der Waals surface area contributed by atoms with Crippen LogP contribution in [0, 0.1) is 5.92 Å². The molecule has 2 N–H and O–H groups in total. The van der Waals surface area contributed by atoms with Crippen molar-refractivity contribution in [2.24, 2.45) is 5.92 Å². The van der Waals surface area contributed by atoms with E-state index in [1.54, 1.807) is 0 Å². The number of ether oxygens (including phenoxy) is 2. The summed E-state index contributed by atoms with van der Waals surface area (Å²) in [6.45, 7) is 7.20. The summed E-state index contributed by atoms with van der Waals surface area (Å²) >= 11 is 0. The second-order valence-electron chi connectivity index (χ2n) is 7.82. The van der Waals surface area contributed by atoms with Gasteiger partial charge in [0.2, 0.25) is 5.95 Å². The quantitative estimate of drug-likeness (QED) is 0.484. The number of fused-ring (bicyclic) bond motifs is 1. The predicted octanol–water partition coefficient (Wildman–Crippen LogP) is 5.53. The number of hydrogen-bond donors (Lipinski definition) is 2. The average molecular weight is 433 g/mol. The van der Waals surface area contributed by atoms with E-state index < -0.39 is 0 Å². The molecule has 3 aromatic rings. The molecular formula is C25H28N4O3. The Morgan fingerprint density at radius 1 is 0.844 bits per heavy atom. The highest BCUT2D eigenvalue weighted by atomic mass is 16.5. The molecular weight excluding hydrogens is 404 g/mol. The van der Waals surface area contributed by atoms with Crippen molar-refractivity contribution in [3.63, 3.8) is 0 Å². The van der Waals surface area contributed by atoms with Crippen LogP contribution in [-0.4, -0.2) is 29.0 Å². The summed E-state index contributed by atoms with van der Waals surface area (Å²) in [5.74, 6) is 2.89. The van der Waals surface area contributed by atoms with E-state index in [9.17, 15) is 4.79 Å². The largest absolute Gasteiger partial charge is 0.494 e. The van der Waals surface area contributed by atoms with E-state index in [0.29, 0.717) is 37.0 Å². The first kappa shape index (κ1) is 21.6. The van der Waals surface area contributed by atoms with E-state index in [2.05, 4.69) is 27.5 Å². The fourth-order valence-corrected chi connectivity index (χ4v) is 3.78. The van der Waals surface area contributed by atoms with Gasteiger partial charge in [0.05, 0.1) is 24.5 Å². The number of ketones is 1. The van der Waals surface area contributed by atoms with Crippen molar-refractivity contribution in [1.82, 2.24) is 9.97 Å². The molecule has 2 aromatic carbocycles. The first-order valence-corrected chi connectivity index (χ1v) is 11.0. The van der Waals surface area contributed by atoms with E-state index in [-0.39, 0.29) is 11.7 Å². The lowest BCUT2D eigenvalue weighted by Crippen LogP contribution is -2.22. The van der Waals surface area contributed by atoms with Crippen LogP contribution in [0.5, 0.6) is 11.5 Å². The highest BCUT2D eigenvalue weighted by Crippen LogP contribution is 2.32. The minimum absolute atomic E-state index is 0.0693. The lowest BCUT2D eigenvalue weighted by molar-refractivity contribution is 0.0952. The summed E-state index contributed by atoms with van der Waals surface area (Å²) in [5.41, 5.74) is 3.02. The van der Waals surface area contributed by atoms with Crippen LogP contribution in [0.1, 0.15) is 43.2 Å². The fourth-order valence-electron chi connectivity index (χ4n) is 3.78. The first-order chi connectivity index (χ1) is 15.6. The summed E-state index contributed by atoms with van der Waals surface area (Å²) in [6.07, 6.45) is 1.24. The van der Waals surface area contributed by atoms with Crippen molar-refractivity contribution in [2.45, 2.75) is 33.6 Å². The summed E-state index contributed by atoms with van der Waals surface area (Å²) in [5, 5.41) is 6.57. The molecule has 0 amide bonds. The number of aromatic nitrogens is 2. The molecule has 7 heteroatoms. The number of benzene rings is 2. The molecule has 4 rings (SSSR count). The molecule has 0 saturated carbocycles. The Kier molecular flexibility index (Phi) is 6.54. The highest BCUT2D eigenvalue weighted by Gasteiger charge is 2.28. The van der Waals surface area contributed by atoms with Crippen molar-refractivity contribution in [3.8, 4) is 11.5 Å². The van der Waals surface area contributed by atoms with Gasteiger partial charge < -0.3 is 20.1 Å². The van der Waals surface area contributed by atoms with Gasteiger partial charge in [0.25, 0.3) is 0 Å². The van der Waals surface area contributed by atoms with Crippen LogP contribution >= 0.6 is 0 Å². The maximum Gasteiger partial charge on any atom is 0.229 e. The molecule has 7 nitrogen and oxygen atoms in total. The molecule has 0 aliphatic heterocycles. The van der Waals surface area contributed by atoms with Crippen molar-refractivity contribution >= 4 is 28.9 Å². The van der Waals surface area contributed by atoms with E-state index in [4.69, 9.17) is 9.47 Å². The standard InChI is InChI=1S/C25H28N4O3/c1-4-31-19-10-6-17(7-11-19)26-24-23-21(14-16(3)15-22(23)30)28-25(29-24)27-18-8-12-20(13-9-18)32-5-2/h6-13,16H,4-5,14-15H2,1-3H3,(H2,26,27,28,29). The van der Waals surface area contributed by atoms with Crippen LogP contribution < -0.4 is 20.1 Å². The molecule has 0 radical (unpaired) electrons. The second-order valence-corrected chi connectivity index (χ2v) is 7.82. The molecule has 0 saturated heterocycles. The number of carbonyl (C=O) groups excluding carboxylic acids is 1. The maximum atomic E-state index is 12.8. The van der Waals surface area contributed by atoms with Crippen molar-refractivity contribution < 1.29 is 14.3 Å². The van der Waals surface area contributed by atoms with Gasteiger partial charge in [0.15, 0.2) is 5.78 Å². The van der Waals surface area contributed by atoms with Crippen LogP contribution in [0.4, 0.5) is 23.1 Å². The van der Waals surface area contributed by atoms with E-state index >= 15 is 0 Å². The smallest absolute Gasteiger partial charge is 0.229 e. The molecule has 1 aromatic heterocycles. The number of hydrogen-bond acceptors (Lipinski definition) is 7. The Hall–Kier alpha value is -3.61. The Balaban J connectivity index is 1.64. The minimum Gasteiger partial charge on any atom is -0.494 e. The number of anilines is 4. The monoisotopic (exact) mass is 432 g/mol. The van der Waals surface area contributed by atoms with Crippen LogP contribution in [0.3, 0.4) is 0 Å². The van der Waals surface area contributed by atoms with Gasteiger partial charge >= 0.3 is 0 Å². The first-order valence-electron chi connectivity index (χ1n) is 11.0. The van der Waals surface area contributed by atoms with E-state index in [0.717, 1.165) is 35.0 Å². The third-order valence-corrected chi connectivity index (χ3v) is 5.19. The van der Waals surface area contributed by atoms with Gasteiger partial charge in [-0.15, -0.1) is 0 Å². The zero-order chi connectivity index (χ0) is 22.5. The summed E-state index contributed by atoms with van der Waals surface area (Å²) in [6, 6.07) is 15.2. The Morgan fingerprint density at radius 3 is 1.97 bits per heavy atom. The van der Waals surface area contributed by atoms with E-state index in [1.807, 2.05) is 62.4 Å². The molecule has 166 valence electrons.